The van der Waals surface area contributed by atoms with Gasteiger partial charge < -0.3 is 10.5 Å². The summed E-state index contributed by atoms with van der Waals surface area (Å²) in [5, 5.41) is 0. The maximum atomic E-state index is 12.2. The van der Waals surface area contributed by atoms with Crippen LogP contribution in [0.15, 0.2) is 24.3 Å². The van der Waals surface area contributed by atoms with E-state index >= 15 is 0 Å². The molecule has 1 fully saturated rings. The Morgan fingerprint density at radius 1 is 1.33 bits per heavy atom. The second kappa shape index (κ2) is 6.66. The number of hydrogen-bond acceptors (Lipinski definition) is 3. The number of halogens is 3. The van der Waals surface area contributed by atoms with Gasteiger partial charge in [0.1, 0.15) is 5.75 Å². The average Bonchev–Trinajstić information content (AvgIpc) is 2.88. The summed E-state index contributed by atoms with van der Waals surface area (Å²) in [7, 11) is 0. The molecule has 0 aromatic heterocycles. The molecule has 0 bridgehead atoms. The maximum Gasteiger partial charge on any atom is 0.573 e. The van der Waals surface area contributed by atoms with Crippen LogP contribution in [0.1, 0.15) is 37.8 Å². The summed E-state index contributed by atoms with van der Waals surface area (Å²) in [5.41, 5.74) is 6.83. The fraction of sp³-hybridized carbons (Fsp3) is 0.600. The Kier molecular flexibility index (Phi) is 5.11. The topological polar surface area (TPSA) is 38.5 Å². The lowest BCUT2D eigenvalue weighted by atomic mass is 10.0. The molecule has 3 nitrogen and oxygen atoms in total. The van der Waals surface area contributed by atoms with E-state index in [0.717, 1.165) is 31.4 Å². The molecule has 21 heavy (non-hydrogen) atoms. The van der Waals surface area contributed by atoms with Crippen LogP contribution >= 0.6 is 0 Å². The minimum atomic E-state index is -4.66. The van der Waals surface area contributed by atoms with E-state index in [4.69, 9.17) is 5.73 Å². The van der Waals surface area contributed by atoms with E-state index in [1.54, 1.807) is 12.1 Å². The van der Waals surface area contributed by atoms with Crippen LogP contribution in [0.25, 0.3) is 0 Å². The number of ether oxygens (including phenoxy) is 1. The zero-order valence-electron chi connectivity index (χ0n) is 12.1. The second-order valence-corrected chi connectivity index (χ2v) is 5.31. The number of hydrogen-bond donors (Lipinski definition) is 1. The Hall–Kier alpha value is -1.27. The summed E-state index contributed by atoms with van der Waals surface area (Å²) >= 11 is 0. The Labute approximate surface area is 122 Å². The van der Waals surface area contributed by atoms with Crippen LogP contribution in [-0.2, 0) is 0 Å². The molecule has 1 aliphatic heterocycles. The quantitative estimate of drug-likeness (QED) is 0.905. The Morgan fingerprint density at radius 3 is 2.52 bits per heavy atom. The third kappa shape index (κ3) is 4.11. The summed E-state index contributed by atoms with van der Waals surface area (Å²) in [6.45, 7) is 3.59. The SMILES string of the molecule is CCC1CCCN1C(CN)c1ccc(OC(F)(F)F)cc1. The molecule has 0 radical (unpaired) electrons. The molecule has 0 amide bonds. The Balaban J connectivity index is 2.12. The van der Waals surface area contributed by atoms with Gasteiger partial charge in [-0.1, -0.05) is 19.1 Å². The molecule has 0 spiro atoms. The molecule has 0 saturated carbocycles. The number of likely N-dealkylation sites (tertiary alicyclic amines) is 1. The highest BCUT2D eigenvalue weighted by atomic mass is 19.4. The van der Waals surface area contributed by atoms with E-state index in [1.165, 1.54) is 12.1 Å². The molecule has 2 unspecified atom stereocenters. The van der Waals surface area contributed by atoms with Crippen molar-refractivity contribution < 1.29 is 17.9 Å². The average molecular weight is 302 g/mol. The Bertz CT molecular complexity index is 447. The fourth-order valence-electron chi connectivity index (χ4n) is 3.06. The van der Waals surface area contributed by atoms with Gasteiger partial charge >= 0.3 is 6.36 Å². The van der Waals surface area contributed by atoms with Crippen LogP contribution < -0.4 is 10.5 Å². The number of nitrogens with two attached hydrogens (primary N) is 1. The molecule has 6 heteroatoms. The third-order valence-electron chi connectivity index (χ3n) is 4.02. The van der Waals surface area contributed by atoms with E-state index in [-0.39, 0.29) is 11.8 Å². The molecule has 1 heterocycles. The van der Waals surface area contributed by atoms with Crippen molar-refractivity contribution in [1.29, 1.82) is 0 Å². The van der Waals surface area contributed by atoms with Crippen molar-refractivity contribution in [3.63, 3.8) is 0 Å². The van der Waals surface area contributed by atoms with Crippen molar-refractivity contribution in [2.45, 2.75) is 44.6 Å². The van der Waals surface area contributed by atoms with Crippen molar-refractivity contribution in [1.82, 2.24) is 4.90 Å². The van der Waals surface area contributed by atoms with Crippen LogP contribution in [0, 0.1) is 0 Å². The number of benzene rings is 1. The molecule has 2 atom stereocenters. The van der Waals surface area contributed by atoms with Crippen molar-refractivity contribution in [2.75, 3.05) is 13.1 Å². The number of rotatable bonds is 5. The lowest BCUT2D eigenvalue weighted by Gasteiger charge is -2.32. The standard InChI is InChI=1S/C15H21F3N2O/c1-2-12-4-3-9-20(12)14(10-19)11-5-7-13(8-6-11)21-15(16,17)18/h5-8,12,14H,2-4,9-10,19H2,1H3. The molecule has 1 aromatic rings. The first-order valence-electron chi connectivity index (χ1n) is 7.26. The first kappa shape index (κ1) is 16.1. The zero-order chi connectivity index (χ0) is 15.5. The first-order chi connectivity index (χ1) is 9.94. The maximum absolute atomic E-state index is 12.2. The molecule has 2 rings (SSSR count). The summed E-state index contributed by atoms with van der Waals surface area (Å²) in [4.78, 5) is 2.36. The normalized spacial score (nSPS) is 21.5. The molecule has 1 aromatic carbocycles. The van der Waals surface area contributed by atoms with Crippen molar-refractivity contribution in [3.05, 3.63) is 29.8 Å². The van der Waals surface area contributed by atoms with Crippen LogP contribution in [0.3, 0.4) is 0 Å². The van der Waals surface area contributed by atoms with Gasteiger partial charge in [-0.25, -0.2) is 0 Å². The van der Waals surface area contributed by atoms with Gasteiger partial charge in [0.15, 0.2) is 0 Å². The van der Waals surface area contributed by atoms with Crippen molar-refractivity contribution in [2.24, 2.45) is 5.73 Å². The van der Waals surface area contributed by atoms with Crippen molar-refractivity contribution in [3.8, 4) is 5.75 Å². The lowest BCUT2D eigenvalue weighted by Crippen LogP contribution is -2.37. The van der Waals surface area contributed by atoms with Gasteiger partial charge in [0, 0.05) is 18.6 Å². The molecule has 1 saturated heterocycles. The molecule has 118 valence electrons. The monoisotopic (exact) mass is 302 g/mol. The third-order valence-corrected chi connectivity index (χ3v) is 4.02. The van der Waals surface area contributed by atoms with E-state index in [0.29, 0.717) is 12.6 Å². The second-order valence-electron chi connectivity index (χ2n) is 5.31. The Morgan fingerprint density at radius 2 is 2.00 bits per heavy atom. The van der Waals surface area contributed by atoms with E-state index in [1.807, 2.05) is 0 Å². The van der Waals surface area contributed by atoms with E-state index < -0.39 is 6.36 Å². The number of nitrogens with zero attached hydrogens (tertiary/aromatic N) is 1. The zero-order valence-corrected chi connectivity index (χ0v) is 12.1. The predicted octanol–water partition coefficient (Wildman–Crippen LogP) is 3.46. The van der Waals surface area contributed by atoms with Gasteiger partial charge in [-0.15, -0.1) is 13.2 Å². The fourth-order valence-corrected chi connectivity index (χ4v) is 3.06. The minimum Gasteiger partial charge on any atom is -0.406 e. The molecular formula is C15H21F3N2O. The molecule has 2 N–H and O–H groups in total. The van der Waals surface area contributed by atoms with Crippen LogP contribution in [-0.4, -0.2) is 30.4 Å². The summed E-state index contributed by atoms with van der Waals surface area (Å²) in [5.74, 6) is -0.199. The van der Waals surface area contributed by atoms with E-state index in [2.05, 4.69) is 16.6 Å². The highest BCUT2D eigenvalue weighted by Gasteiger charge is 2.32. The van der Waals surface area contributed by atoms with Gasteiger partial charge in [0.05, 0.1) is 0 Å². The molecular weight excluding hydrogens is 281 g/mol. The van der Waals surface area contributed by atoms with Gasteiger partial charge in [0.25, 0.3) is 0 Å². The van der Waals surface area contributed by atoms with Crippen LogP contribution in [0.5, 0.6) is 5.75 Å². The van der Waals surface area contributed by atoms with Crippen LogP contribution in [0.4, 0.5) is 13.2 Å². The predicted molar refractivity (Wildman–Crippen MR) is 74.9 cm³/mol. The summed E-state index contributed by atoms with van der Waals surface area (Å²) in [6.07, 6.45) is -1.30. The van der Waals surface area contributed by atoms with E-state index in [9.17, 15) is 13.2 Å². The largest absolute Gasteiger partial charge is 0.573 e. The van der Waals surface area contributed by atoms with Crippen molar-refractivity contribution >= 4 is 0 Å². The molecule has 0 aliphatic carbocycles. The van der Waals surface area contributed by atoms with Gasteiger partial charge in [0.2, 0.25) is 0 Å². The smallest absolute Gasteiger partial charge is 0.406 e. The highest BCUT2D eigenvalue weighted by Crippen LogP contribution is 2.31. The number of alkyl halides is 3. The minimum absolute atomic E-state index is 0.0531. The van der Waals surface area contributed by atoms with Gasteiger partial charge in [-0.05, 0) is 43.5 Å². The van der Waals surface area contributed by atoms with Gasteiger partial charge in [-0.3, -0.25) is 4.90 Å². The highest BCUT2D eigenvalue weighted by molar-refractivity contribution is 5.29. The van der Waals surface area contributed by atoms with Crippen LogP contribution in [0.2, 0.25) is 0 Å². The molecule has 1 aliphatic rings. The summed E-state index contributed by atoms with van der Waals surface area (Å²) < 4.78 is 40.4. The van der Waals surface area contributed by atoms with Gasteiger partial charge in [-0.2, -0.15) is 0 Å². The first-order valence-corrected chi connectivity index (χ1v) is 7.26. The lowest BCUT2D eigenvalue weighted by molar-refractivity contribution is -0.274. The summed E-state index contributed by atoms with van der Waals surface area (Å²) in [6, 6.07) is 6.60.